The minimum atomic E-state index is -0.684. The van der Waals surface area contributed by atoms with Crippen molar-refractivity contribution in [2.45, 2.75) is 6.92 Å². The number of imide groups is 1. The number of likely N-dealkylation sites (N-methyl/N-ethyl adjacent to an activating group) is 1. The number of benzene rings is 2. The number of hydrogen-bond donors (Lipinski definition) is 0. The Bertz CT molecular complexity index is 940. The van der Waals surface area contributed by atoms with Crippen LogP contribution in [-0.4, -0.2) is 31.4 Å². The topological polar surface area (TPSA) is 66.9 Å². The number of nitrogens with zero attached hydrogens (tertiary/aromatic N) is 2. The third-order valence-corrected chi connectivity index (χ3v) is 4.46. The van der Waals surface area contributed by atoms with Gasteiger partial charge in [-0.05, 0) is 31.2 Å². The van der Waals surface area contributed by atoms with Gasteiger partial charge in [0.05, 0.1) is 17.9 Å². The zero-order valence-corrected chi connectivity index (χ0v) is 15.6. The van der Waals surface area contributed by atoms with E-state index >= 15 is 0 Å². The number of rotatable bonds is 5. The number of halogens is 1. The molecule has 0 bridgehead atoms. The van der Waals surface area contributed by atoms with Gasteiger partial charge in [-0.1, -0.05) is 41.9 Å². The highest BCUT2D eigenvalue weighted by molar-refractivity contribution is 6.53. The fraction of sp³-hybridized carbons (Fsp3) is 0.150. The first-order valence-corrected chi connectivity index (χ1v) is 8.68. The molecule has 2 aromatic rings. The van der Waals surface area contributed by atoms with Gasteiger partial charge in [0, 0.05) is 12.7 Å². The smallest absolute Gasteiger partial charge is 0.340 e. The van der Waals surface area contributed by atoms with Crippen molar-refractivity contribution in [2.75, 3.05) is 23.5 Å². The van der Waals surface area contributed by atoms with Gasteiger partial charge in [-0.25, -0.2) is 9.69 Å². The van der Waals surface area contributed by atoms with Crippen LogP contribution in [0.1, 0.15) is 17.3 Å². The Morgan fingerprint density at radius 2 is 1.67 bits per heavy atom. The largest absolute Gasteiger partial charge is 0.462 e. The maximum absolute atomic E-state index is 13.0. The fourth-order valence-corrected chi connectivity index (χ4v) is 3.12. The molecular formula is C20H17ClN2O4. The highest BCUT2D eigenvalue weighted by atomic mass is 35.5. The zero-order chi connectivity index (χ0) is 19.6. The van der Waals surface area contributed by atoms with Crippen LogP contribution in [0.15, 0.2) is 65.3 Å². The Kier molecular flexibility index (Phi) is 5.28. The Morgan fingerprint density at radius 1 is 1.04 bits per heavy atom. The second-order valence-electron chi connectivity index (χ2n) is 5.74. The predicted octanol–water partition coefficient (Wildman–Crippen LogP) is 3.32. The predicted molar refractivity (Wildman–Crippen MR) is 103 cm³/mol. The van der Waals surface area contributed by atoms with E-state index in [0.717, 1.165) is 4.90 Å². The van der Waals surface area contributed by atoms with Crippen molar-refractivity contribution in [3.05, 3.63) is 70.9 Å². The lowest BCUT2D eigenvalue weighted by atomic mass is 10.1. The third-order valence-electron chi connectivity index (χ3n) is 4.12. The number of hydrogen-bond acceptors (Lipinski definition) is 5. The van der Waals surface area contributed by atoms with Crippen molar-refractivity contribution in [1.29, 1.82) is 0 Å². The van der Waals surface area contributed by atoms with Gasteiger partial charge in [0.25, 0.3) is 11.8 Å². The summed E-state index contributed by atoms with van der Waals surface area (Å²) in [5.74, 6) is -1.90. The molecule has 6 nitrogen and oxygen atoms in total. The quantitative estimate of drug-likeness (QED) is 0.584. The molecular weight excluding hydrogens is 368 g/mol. The number of ether oxygens (including phenoxy) is 1. The normalized spacial score (nSPS) is 14.0. The van der Waals surface area contributed by atoms with Crippen LogP contribution in [-0.2, 0) is 14.3 Å². The van der Waals surface area contributed by atoms with E-state index in [1.165, 1.54) is 12.1 Å². The van der Waals surface area contributed by atoms with E-state index in [9.17, 15) is 14.4 Å². The summed E-state index contributed by atoms with van der Waals surface area (Å²) in [6.07, 6.45) is 0. The first-order valence-electron chi connectivity index (χ1n) is 8.30. The van der Waals surface area contributed by atoms with Gasteiger partial charge in [-0.3, -0.25) is 9.59 Å². The molecule has 0 saturated heterocycles. The van der Waals surface area contributed by atoms with E-state index in [0.29, 0.717) is 5.69 Å². The van der Waals surface area contributed by atoms with E-state index in [2.05, 4.69) is 0 Å². The first kappa shape index (κ1) is 18.7. The number of amides is 2. The first-order chi connectivity index (χ1) is 13.0. The summed E-state index contributed by atoms with van der Waals surface area (Å²) < 4.78 is 5.02. The van der Waals surface area contributed by atoms with Gasteiger partial charge in [0.1, 0.15) is 10.7 Å². The van der Waals surface area contributed by atoms with Gasteiger partial charge in [-0.15, -0.1) is 0 Å². The standard InChI is InChI=1S/C20H17ClN2O4/c1-3-27-20(26)14-11-7-8-12-15(14)23-18(24)16(21)17(19(23)25)22(2)13-9-5-4-6-10-13/h4-12H,3H2,1-2H3. The maximum atomic E-state index is 13.0. The van der Waals surface area contributed by atoms with E-state index in [-0.39, 0.29) is 28.6 Å². The molecule has 3 rings (SSSR count). The van der Waals surface area contributed by atoms with Crippen molar-refractivity contribution in [1.82, 2.24) is 0 Å². The molecule has 0 aromatic heterocycles. The molecule has 0 N–H and O–H groups in total. The Balaban J connectivity index is 2.01. The number of carbonyl (C=O) groups excluding carboxylic acids is 3. The minimum Gasteiger partial charge on any atom is -0.462 e. The molecule has 2 aromatic carbocycles. The van der Waals surface area contributed by atoms with Crippen LogP contribution < -0.4 is 9.80 Å². The number of carbonyl (C=O) groups is 3. The Morgan fingerprint density at radius 3 is 2.33 bits per heavy atom. The summed E-state index contributed by atoms with van der Waals surface area (Å²) in [4.78, 5) is 40.5. The van der Waals surface area contributed by atoms with Crippen LogP contribution in [0.2, 0.25) is 0 Å². The van der Waals surface area contributed by atoms with Crippen molar-refractivity contribution in [3.63, 3.8) is 0 Å². The molecule has 0 atom stereocenters. The van der Waals surface area contributed by atoms with Crippen LogP contribution in [0.5, 0.6) is 0 Å². The Hall–Kier alpha value is -3.12. The second-order valence-corrected chi connectivity index (χ2v) is 6.12. The summed E-state index contributed by atoms with van der Waals surface area (Å²) >= 11 is 6.22. The summed E-state index contributed by atoms with van der Waals surface area (Å²) in [6.45, 7) is 1.86. The third kappa shape index (κ3) is 3.31. The van der Waals surface area contributed by atoms with E-state index < -0.39 is 17.8 Å². The molecule has 0 unspecified atom stereocenters. The minimum absolute atomic E-state index is 0.0477. The summed E-state index contributed by atoms with van der Waals surface area (Å²) in [6, 6.07) is 15.3. The summed E-state index contributed by atoms with van der Waals surface area (Å²) in [5.41, 5.74) is 1.01. The average Bonchev–Trinajstić information content (AvgIpc) is 2.91. The molecule has 2 amide bonds. The molecule has 27 heavy (non-hydrogen) atoms. The van der Waals surface area contributed by atoms with E-state index in [1.807, 2.05) is 18.2 Å². The molecule has 0 saturated carbocycles. The maximum Gasteiger partial charge on any atom is 0.340 e. The average molecular weight is 385 g/mol. The molecule has 0 spiro atoms. The molecule has 0 fully saturated rings. The van der Waals surface area contributed by atoms with Crippen LogP contribution in [0.4, 0.5) is 11.4 Å². The molecule has 0 radical (unpaired) electrons. The van der Waals surface area contributed by atoms with Gasteiger partial charge < -0.3 is 9.64 Å². The second kappa shape index (κ2) is 7.63. The van der Waals surface area contributed by atoms with Crippen molar-refractivity contribution >= 4 is 40.8 Å². The van der Waals surface area contributed by atoms with E-state index in [4.69, 9.17) is 16.3 Å². The molecule has 7 heteroatoms. The number of anilines is 2. The van der Waals surface area contributed by atoms with Gasteiger partial charge in [-0.2, -0.15) is 0 Å². The van der Waals surface area contributed by atoms with Crippen molar-refractivity contribution in [3.8, 4) is 0 Å². The molecule has 1 aliphatic rings. The van der Waals surface area contributed by atoms with Crippen molar-refractivity contribution in [2.24, 2.45) is 0 Å². The Labute approximate surface area is 161 Å². The van der Waals surface area contributed by atoms with E-state index in [1.54, 1.807) is 43.1 Å². The van der Waals surface area contributed by atoms with Crippen LogP contribution in [0.3, 0.4) is 0 Å². The summed E-state index contributed by atoms with van der Waals surface area (Å²) in [5, 5.41) is -0.204. The summed E-state index contributed by atoms with van der Waals surface area (Å²) in [7, 11) is 1.65. The monoisotopic (exact) mass is 384 g/mol. The highest BCUT2D eigenvalue weighted by Gasteiger charge is 2.42. The highest BCUT2D eigenvalue weighted by Crippen LogP contribution is 2.34. The lowest BCUT2D eigenvalue weighted by Gasteiger charge is -2.22. The van der Waals surface area contributed by atoms with Gasteiger partial charge in [0.15, 0.2) is 0 Å². The molecule has 138 valence electrons. The lowest BCUT2D eigenvalue weighted by Crippen LogP contribution is -2.35. The fourth-order valence-electron chi connectivity index (χ4n) is 2.83. The molecule has 1 aliphatic heterocycles. The van der Waals surface area contributed by atoms with Crippen molar-refractivity contribution < 1.29 is 19.1 Å². The lowest BCUT2D eigenvalue weighted by molar-refractivity contribution is -0.120. The number of para-hydroxylation sites is 2. The SMILES string of the molecule is CCOC(=O)c1ccccc1N1C(=O)C(Cl)=C(N(C)c2ccccc2)C1=O. The van der Waals surface area contributed by atoms with Crippen LogP contribution in [0, 0.1) is 0 Å². The molecule has 0 aliphatic carbocycles. The van der Waals surface area contributed by atoms with Crippen LogP contribution >= 0.6 is 11.6 Å². The van der Waals surface area contributed by atoms with Crippen LogP contribution in [0.25, 0.3) is 0 Å². The molecule has 1 heterocycles. The van der Waals surface area contributed by atoms with Gasteiger partial charge >= 0.3 is 5.97 Å². The van der Waals surface area contributed by atoms with Gasteiger partial charge in [0.2, 0.25) is 0 Å². The number of esters is 1. The zero-order valence-electron chi connectivity index (χ0n) is 14.8.